The lowest BCUT2D eigenvalue weighted by atomic mass is 10.1. The van der Waals surface area contributed by atoms with Crippen molar-refractivity contribution in [2.45, 2.75) is 80.1 Å². The highest BCUT2D eigenvalue weighted by molar-refractivity contribution is 7.45. The Morgan fingerprint density at radius 1 is 0.538 bits per heavy atom. The Kier molecular flexibility index (Phi) is 32.3. The van der Waals surface area contributed by atoms with Crippen LogP contribution in [0.25, 0.3) is 0 Å². The Balaban J connectivity index is -0.000000125. The van der Waals surface area contributed by atoms with Crippen molar-refractivity contribution in [3.8, 4) is 0 Å². The smallest absolute Gasteiger partial charge is 0.396 e. The van der Waals surface area contributed by atoms with Gasteiger partial charge in [-0.05, 0) is 17.8 Å². The molecule has 0 aromatic carbocycles. The molecule has 0 saturated heterocycles. The molecule has 0 radical (unpaired) electrons. The second kappa shape index (κ2) is 25.0. The summed E-state index contributed by atoms with van der Waals surface area (Å²) in [6.45, 7) is 13.7. The summed E-state index contributed by atoms with van der Waals surface area (Å²) in [6.07, 6.45) is 6.63. The number of rotatable bonds is 9. The third kappa shape index (κ3) is 39.2. The summed E-state index contributed by atoms with van der Waals surface area (Å²) in [5.41, 5.74) is 0. The summed E-state index contributed by atoms with van der Waals surface area (Å²) in [7, 11) is -4.64. The minimum atomic E-state index is -4.64. The lowest BCUT2D eigenvalue weighted by Crippen LogP contribution is -2.01. The Morgan fingerprint density at radius 3 is 0.654 bits per heavy atom. The molecule has 0 unspecified atom stereocenters. The first-order valence-corrected chi connectivity index (χ1v) is 11.2. The van der Waals surface area contributed by atoms with Crippen molar-refractivity contribution < 1.29 is 34.6 Å². The second-order valence-electron chi connectivity index (χ2n) is 6.11. The first kappa shape index (κ1) is 33.6. The molecule has 0 fully saturated rings. The highest BCUT2D eigenvalue weighted by atomic mass is 31.2. The lowest BCUT2D eigenvalue weighted by Gasteiger charge is -2.04. The molecule has 0 heterocycles. The molecule has 8 heteroatoms. The molecule has 0 bridgehead atoms. The third-order valence-electron chi connectivity index (χ3n) is 4.24. The van der Waals surface area contributed by atoms with Crippen LogP contribution in [-0.2, 0) is 4.57 Å². The first-order valence-electron chi connectivity index (χ1n) is 9.65. The van der Waals surface area contributed by atoms with Crippen molar-refractivity contribution in [3.05, 3.63) is 0 Å². The molecule has 7 nitrogen and oxygen atoms in total. The molecule has 164 valence electrons. The zero-order valence-corrected chi connectivity index (χ0v) is 18.5. The largest absolute Gasteiger partial charge is 0.466 e. The van der Waals surface area contributed by atoms with Crippen LogP contribution in [0.5, 0.6) is 0 Å². The van der Waals surface area contributed by atoms with Gasteiger partial charge in [-0.1, -0.05) is 80.1 Å². The summed E-state index contributed by atoms with van der Waals surface area (Å²) in [5.74, 6) is 1.62. The van der Waals surface area contributed by atoms with Gasteiger partial charge in [-0.15, -0.1) is 0 Å². The van der Waals surface area contributed by atoms with Crippen LogP contribution >= 0.6 is 7.82 Å². The van der Waals surface area contributed by atoms with Crippen LogP contribution in [0, 0.1) is 17.8 Å². The van der Waals surface area contributed by atoms with Crippen molar-refractivity contribution in [3.63, 3.8) is 0 Å². The van der Waals surface area contributed by atoms with Gasteiger partial charge in [0.2, 0.25) is 0 Å². The molecule has 0 spiro atoms. The Labute approximate surface area is 160 Å². The molecule has 6 N–H and O–H groups in total. The molecule has 0 saturated carbocycles. The summed E-state index contributed by atoms with van der Waals surface area (Å²) < 4.78 is 8.88. The highest BCUT2D eigenvalue weighted by Gasteiger charge is 2.00. The summed E-state index contributed by atoms with van der Waals surface area (Å²) in [5, 5.41) is 25.6. The second-order valence-corrected chi connectivity index (χ2v) is 7.14. The average molecular weight is 405 g/mol. The molecular formula is C18H45O7P. The van der Waals surface area contributed by atoms with Crippen molar-refractivity contribution in [1.82, 2.24) is 0 Å². The Hall–Kier alpha value is -0.0100. The van der Waals surface area contributed by atoms with Crippen LogP contribution in [-0.4, -0.2) is 49.8 Å². The summed E-state index contributed by atoms with van der Waals surface area (Å²) in [4.78, 5) is 21.6. The van der Waals surface area contributed by atoms with Crippen molar-refractivity contribution in [2.75, 3.05) is 19.8 Å². The number of aliphatic hydroxyl groups is 3. The SMILES string of the molecule is CCC(CC)CO.CCC(CC)CO.CCC(CC)CO.O=P(O)(O)O. The van der Waals surface area contributed by atoms with Crippen LogP contribution in [0.4, 0.5) is 0 Å². The molecule has 26 heavy (non-hydrogen) atoms. The van der Waals surface area contributed by atoms with Gasteiger partial charge in [0.15, 0.2) is 0 Å². The molecule has 0 aromatic rings. The van der Waals surface area contributed by atoms with Crippen LogP contribution in [0.1, 0.15) is 80.1 Å². The van der Waals surface area contributed by atoms with Gasteiger partial charge in [-0.2, -0.15) is 0 Å². The molecule has 0 amide bonds. The number of hydrogen-bond donors (Lipinski definition) is 6. The summed E-state index contributed by atoms with van der Waals surface area (Å²) >= 11 is 0. The summed E-state index contributed by atoms with van der Waals surface area (Å²) in [6, 6.07) is 0. The molecule has 0 atom stereocenters. The molecule has 0 rings (SSSR count). The van der Waals surface area contributed by atoms with Crippen LogP contribution in [0.15, 0.2) is 0 Å². The van der Waals surface area contributed by atoms with Gasteiger partial charge in [0.25, 0.3) is 0 Å². The quantitative estimate of drug-likeness (QED) is 0.324. The number of phosphoric acid groups is 1. The fourth-order valence-corrected chi connectivity index (χ4v) is 1.64. The van der Waals surface area contributed by atoms with E-state index in [0.717, 1.165) is 38.5 Å². The van der Waals surface area contributed by atoms with E-state index in [9.17, 15) is 0 Å². The van der Waals surface area contributed by atoms with Gasteiger partial charge in [0.05, 0.1) is 0 Å². The Morgan fingerprint density at radius 2 is 0.654 bits per heavy atom. The molecular weight excluding hydrogens is 359 g/mol. The fraction of sp³-hybridized carbons (Fsp3) is 1.00. The normalized spacial score (nSPS) is 10.6. The van der Waals surface area contributed by atoms with Crippen molar-refractivity contribution >= 4 is 7.82 Å². The highest BCUT2D eigenvalue weighted by Crippen LogP contribution is 2.25. The fourth-order valence-electron chi connectivity index (χ4n) is 1.64. The molecule has 0 aromatic heterocycles. The van der Waals surface area contributed by atoms with Gasteiger partial charge < -0.3 is 30.0 Å². The first-order chi connectivity index (χ1) is 12.0. The third-order valence-corrected chi connectivity index (χ3v) is 4.24. The number of hydrogen-bond acceptors (Lipinski definition) is 4. The topological polar surface area (TPSA) is 138 Å². The van der Waals surface area contributed by atoms with Crippen LogP contribution in [0.3, 0.4) is 0 Å². The maximum atomic E-state index is 8.88. The van der Waals surface area contributed by atoms with Crippen molar-refractivity contribution in [1.29, 1.82) is 0 Å². The van der Waals surface area contributed by atoms with Crippen LogP contribution in [0.2, 0.25) is 0 Å². The molecule has 0 aliphatic rings. The zero-order valence-electron chi connectivity index (χ0n) is 17.6. The minimum absolute atomic E-state index is 0.354. The van der Waals surface area contributed by atoms with Gasteiger partial charge >= 0.3 is 7.82 Å². The lowest BCUT2D eigenvalue weighted by molar-refractivity contribution is 0.219. The van der Waals surface area contributed by atoms with Gasteiger partial charge in [0.1, 0.15) is 0 Å². The minimum Gasteiger partial charge on any atom is -0.396 e. The molecule has 0 aliphatic heterocycles. The molecule has 0 aliphatic carbocycles. The average Bonchev–Trinajstić information content (AvgIpc) is 2.59. The van der Waals surface area contributed by atoms with E-state index in [4.69, 9.17) is 34.6 Å². The van der Waals surface area contributed by atoms with Crippen LogP contribution < -0.4 is 0 Å². The van der Waals surface area contributed by atoms with Gasteiger partial charge in [-0.3, -0.25) is 0 Å². The maximum absolute atomic E-state index is 8.88. The van der Waals surface area contributed by atoms with E-state index in [1.54, 1.807) is 0 Å². The monoisotopic (exact) mass is 404 g/mol. The van der Waals surface area contributed by atoms with E-state index >= 15 is 0 Å². The predicted octanol–water partition coefficient (Wildman–Crippen LogP) is 3.32. The van der Waals surface area contributed by atoms with Crippen molar-refractivity contribution in [2.24, 2.45) is 17.8 Å². The van der Waals surface area contributed by atoms with E-state index in [0.29, 0.717) is 37.6 Å². The van der Waals surface area contributed by atoms with Gasteiger partial charge in [0, 0.05) is 19.8 Å². The number of aliphatic hydroxyl groups excluding tert-OH is 3. The maximum Gasteiger partial charge on any atom is 0.466 e. The van der Waals surface area contributed by atoms with E-state index in [1.165, 1.54) is 0 Å². The van der Waals surface area contributed by atoms with E-state index < -0.39 is 7.82 Å². The van der Waals surface area contributed by atoms with E-state index in [2.05, 4.69) is 41.5 Å². The van der Waals surface area contributed by atoms with E-state index in [-0.39, 0.29) is 0 Å². The predicted molar refractivity (Wildman–Crippen MR) is 108 cm³/mol. The Bertz CT molecular complexity index is 219. The zero-order chi connectivity index (χ0) is 21.6. The standard InChI is InChI=1S/3C6H14O.H3O4P/c3*1-3-6(4-2)5-7;1-5(2,3)4/h3*6-7H,3-5H2,1-2H3;(H3,1,2,3,4). The van der Waals surface area contributed by atoms with Gasteiger partial charge in [-0.25, -0.2) is 4.57 Å². The van der Waals surface area contributed by atoms with E-state index in [1.807, 2.05) is 0 Å².